The first-order valence-corrected chi connectivity index (χ1v) is 9.04. The first kappa shape index (κ1) is 14.6. The molecule has 0 bridgehead atoms. The van der Waals surface area contributed by atoms with E-state index in [1.54, 1.807) is 0 Å². The Hall–Kier alpha value is -0.370. The van der Waals surface area contributed by atoms with Gasteiger partial charge < -0.3 is 0 Å². The van der Waals surface area contributed by atoms with Crippen LogP contribution in [0.5, 0.6) is 0 Å². The minimum atomic E-state index is 0.376. The number of Topliss-reactive ketones (excluding diaryl/α,β-unsaturated/α-hetero) is 1. The lowest BCUT2D eigenvalue weighted by atomic mass is 9.77. The topological polar surface area (TPSA) is 20.3 Å². The summed E-state index contributed by atoms with van der Waals surface area (Å²) in [7, 11) is 0. The largest absolute Gasteiger partial charge is 0.299 e. The maximum Gasteiger partial charge on any atom is 0.137 e. The molecule has 1 heterocycles. The van der Waals surface area contributed by atoms with Gasteiger partial charge in [0.15, 0.2) is 0 Å². The Kier molecular flexibility index (Phi) is 4.80. The Balaban J connectivity index is 1.71. The lowest BCUT2D eigenvalue weighted by molar-refractivity contribution is -0.128. The van der Waals surface area contributed by atoms with Crippen LogP contribution in [0.2, 0.25) is 0 Å². The molecule has 4 unspecified atom stereocenters. The number of hydrogen-bond acceptors (Lipinski definition) is 2. The van der Waals surface area contributed by atoms with E-state index in [2.05, 4.69) is 11.8 Å². The second-order valence-corrected chi connectivity index (χ2v) is 7.55. The fourth-order valence-electron chi connectivity index (χ4n) is 4.99. The first-order valence-electron chi connectivity index (χ1n) is 9.04. The Morgan fingerprint density at radius 2 is 1.80 bits per heavy atom. The highest BCUT2D eigenvalue weighted by atomic mass is 16.1. The fraction of sp³-hybridized carbons (Fsp3) is 0.944. The van der Waals surface area contributed by atoms with Crippen molar-refractivity contribution in [2.75, 3.05) is 6.54 Å². The molecule has 0 N–H and O–H groups in total. The summed E-state index contributed by atoms with van der Waals surface area (Å²) in [6, 6.07) is 1.37. The van der Waals surface area contributed by atoms with Crippen LogP contribution in [0.3, 0.4) is 0 Å². The summed E-state index contributed by atoms with van der Waals surface area (Å²) >= 11 is 0. The molecule has 0 aromatic heterocycles. The lowest BCUT2D eigenvalue weighted by Crippen LogP contribution is -2.52. The average molecular weight is 277 g/mol. The van der Waals surface area contributed by atoms with Gasteiger partial charge in [0.05, 0.1) is 0 Å². The van der Waals surface area contributed by atoms with E-state index in [0.29, 0.717) is 17.7 Å². The van der Waals surface area contributed by atoms with Crippen molar-refractivity contribution in [1.29, 1.82) is 0 Å². The molecule has 0 amide bonds. The number of piperidine rings is 1. The van der Waals surface area contributed by atoms with Crippen LogP contribution < -0.4 is 0 Å². The number of carbonyl (C=O) groups excluding carboxylic acids is 1. The number of ketones is 1. The van der Waals surface area contributed by atoms with Gasteiger partial charge in [-0.05, 0) is 51.0 Å². The van der Waals surface area contributed by atoms with Gasteiger partial charge in [-0.25, -0.2) is 0 Å². The molecule has 0 radical (unpaired) electrons. The van der Waals surface area contributed by atoms with Crippen molar-refractivity contribution < 1.29 is 4.79 Å². The molecule has 4 atom stereocenters. The number of hydrogen-bond donors (Lipinski definition) is 0. The molecule has 3 fully saturated rings. The molecule has 3 rings (SSSR count). The van der Waals surface area contributed by atoms with Crippen LogP contribution in [-0.4, -0.2) is 29.3 Å². The van der Waals surface area contributed by atoms with Gasteiger partial charge in [0.2, 0.25) is 0 Å². The molecule has 0 aromatic rings. The van der Waals surface area contributed by atoms with Gasteiger partial charge in [0.1, 0.15) is 5.78 Å². The van der Waals surface area contributed by atoms with Crippen LogP contribution in [0.25, 0.3) is 0 Å². The van der Waals surface area contributed by atoms with Crippen molar-refractivity contribution in [2.45, 2.75) is 89.6 Å². The Morgan fingerprint density at radius 3 is 2.60 bits per heavy atom. The van der Waals surface area contributed by atoms with Crippen molar-refractivity contribution in [3.8, 4) is 0 Å². The third-order valence-corrected chi connectivity index (χ3v) is 6.04. The van der Waals surface area contributed by atoms with Crippen molar-refractivity contribution in [2.24, 2.45) is 11.8 Å². The molecule has 20 heavy (non-hydrogen) atoms. The van der Waals surface area contributed by atoms with Gasteiger partial charge in [-0.1, -0.05) is 32.6 Å². The van der Waals surface area contributed by atoms with Gasteiger partial charge in [-0.15, -0.1) is 0 Å². The molecule has 114 valence electrons. The molecular formula is C18H31NO. The van der Waals surface area contributed by atoms with E-state index in [-0.39, 0.29) is 0 Å². The summed E-state index contributed by atoms with van der Waals surface area (Å²) in [5.74, 6) is 1.84. The molecule has 0 spiro atoms. The first-order chi connectivity index (χ1) is 9.75. The van der Waals surface area contributed by atoms with E-state index in [1.165, 1.54) is 64.3 Å². The van der Waals surface area contributed by atoms with Gasteiger partial charge in [0.25, 0.3) is 0 Å². The summed E-state index contributed by atoms with van der Waals surface area (Å²) < 4.78 is 0. The van der Waals surface area contributed by atoms with E-state index in [0.717, 1.165) is 24.8 Å². The van der Waals surface area contributed by atoms with E-state index in [4.69, 9.17) is 0 Å². The second-order valence-electron chi connectivity index (χ2n) is 7.55. The zero-order valence-electron chi connectivity index (χ0n) is 13.2. The van der Waals surface area contributed by atoms with Gasteiger partial charge in [-0.3, -0.25) is 9.69 Å². The predicted octanol–water partition coefficient (Wildman–Crippen LogP) is 4.18. The van der Waals surface area contributed by atoms with E-state index < -0.39 is 0 Å². The van der Waals surface area contributed by atoms with Crippen LogP contribution in [0.4, 0.5) is 0 Å². The number of rotatable bonds is 2. The highest BCUT2D eigenvalue weighted by molar-refractivity contribution is 5.82. The quantitative estimate of drug-likeness (QED) is 0.754. The smallest absolute Gasteiger partial charge is 0.137 e. The summed E-state index contributed by atoms with van der Waals surface area (Å²) in [5.41, 5.74) is 0. The normalized spacial score (nSPS) is 40.8. The van der Waals surface area contributed by atoms with Crippen molar-refractivity contribution in [3.05, 3.63) is 0 Å². The van der Waals surface area contributed by atoms with Crippen LogP contribution in [-0.2, 0) is 4.79 Å². The van der Waals surface area contributed by atoms with Crippen molar-refractivity contribution in [1.82, 2.24) is 4.90 Å². The standard InChI is InChI=1S/C18H31NO/c1-14-7-6-8-15(13-14)19-12-5-4-10-17(19)16-9-2-3-11-18(16)20/h14-17H,2-13H2,1H3. The molecule has 2 heteroatoms. The Labute approximate surface area is 124 Å². The van der Waals surface area contributed by atoms with Crippen LogP contribution in [0.15, 0.2) is 0 Å². The minimum absolute atomic E-state index is 0.376. The maximum absolute atomic E-state index is 12.4. The molecule has 1 aliphatic heterocycles. The van der Waals surface area contributed by atoms with Gasteiger partial charge in [-0.2, -0.15) is 0 Å². The zero-order valence-corrected chi connectivity index (χ0v) is 13.2. The Morgan fingerprint density at radius 1 is 0.950 bits per heavy atom. The number of likely N-dealkylation sites (tertiary alicyclic amines) is 1. The minimum Gasteiger partial charge on any atom is -0.299 e. The summed E-state index contributed by atoms with van der Waals surface area (Å²) in [6.07, 6.45) is 14.0. The van der Waals surface area contributed by atoms with Crippen molar-refractivity contribution in [3.63, 3.8) is 0 Å². The molecule has 2 aliphatic carbocycles. The highest BCUT2D eigenvalue weighted by Gasteiger charge is 2.38. The highest BCUT2D eigenvalue weighted by Crippen LogP contribution is 2.36. The molecule has 0 aromatic carbocycles. The summed E-state index contributed by atoms with van der Waals surface area (Å²) in [4.78, 5) is 15.1. The predicted molar refractivity (Wildman–Crippen MR) is 82.7 cm³/mol. The molecule has 2 saturated carbocycles. The fourth-order valence-corrected chi connectivity index (χ4v) is 4.99. The molecule has 1 saturated heterocycles. The molecule has 2 nitrogen and oxygen atoms in total. The van der Waals surface area contributed by atoms with Gasteiger partial charge in [0, 0.05) is 24.4 Å². The third kappa shape index (κ3) is 3.10. The van der Waals surface area contributed by atoms with E-state index in [1.807, 2.05) is 0 Å². The lowest BCUT2D eigenvalue weighted by Gasteiger charge is -2.47. The monoisotopic (exact) mass is 277 g/mol. The maximum atomic E-state index is 12.4. The van der Waals surface area contributed by atoms with E-state index in [9.17, 15) is 4.79 Å². The second kappa shape index (κ2) is 6.60. The third-order valence-electron chi connectivity index (χ3n) is 6.04. The summed E-state index contributed by atoms with van der Waals surface area (Å²) in [5, 5.41) is 0. The zero-order chi connectivity index (χ0) is 13.9. The Bertz CT molecular complexity index is 340. The number of carbonyl (C=O) groups is 1. The SMILES string of the molecule is CC1CCCC(N2CCCCC2C2CCCCC2=O)C1. The van der Waals surface area contributed by atoms with Gasteiger partial charge >= 0.3 is 0 Å². The molecular weight excluding hydrogens is 246 g/mol. The number of nitrogens with zero attached hydrogens (tertiary/aromatic N) is 1. The van der Waals surface area contributed by atoms with Crippen LogP contribution in [0.1, 0.15) is 77.6 Å². The summed E-state index contributed by atoms with van der Waals surface area (Å²) in [6.45, 7) is 3.67. The van der Waals surface area contributed by atoms with E-state index >= 15 is 0 Å². The van der Waals surface area contributed by atoms with Crippen LogP contribution >= 0.6 is 0 Å². The van der Waals surface area contributed by atoms with Crippen LogP contribution in [0, 0.1) is 11.8 Å². The average Bonchev–Trinajstić information content (AvgIpc) is 2.48. The molecule has 3 aliphatic rings. The van der Waals surface area contributed by atoms with Crippen molar-refractivity contribution >= 4 is 5.78 Å².